The molecule has 0 bridgehead atoms. The summed E-state index contributed by atoms with van der Waals surface area (Å²) in [5.41, 5.74) is -0.0440. The minimum atomic E-state index is -0.695. The summed E-state index contributed by atoms with van der Waals surface area (Å²) in [4.78, 5) is 0. The quantitative estimate of drug-likeness (QED) is 0.899. The van der Waals surface area contributed by atoms with Gasteiger partial charge >= 0.3 is 0 Å². The summed E-state index contributed by atoms with van der Waals surface area (Å²) < 4.78 is 36.9. The summed E-state index contributed by atoms with van der Waals surface area (Å²) in [6, 6.07) is 3.25. The first kappa shape index (κ1) is 13.2. The van der Waals surface area contributed by atoms with E-state index in [1.165, 1.54) is 12.1 Å². The van der Waals surface area contributed by atoms with Crippen molar-refractivity contribution in [3.63, 3.8) is 0 Å². The molecule has 0 aliphatic carbocycles. The molecule has 1 aliphatic heterocycles. The summed E-state index contributed by atoms with van der Waals surface area (Å²) in [5, 5.41) is 3.31. The number of hydrogen-bond acceptors (Lipinski definition) is 3. The molecule has 5 heteroatoms. The Morgan fingerprint density at radius 1 is 1.44 bits per heavy atom. The van der Waals surface area contributed by atoms with E-state index in [4.69, 9.17) is 9.47 Å². The molecule has 0 spiro atoms. The Balaban J connectivity index is 1.85. The number of morpholine rings is 1. The van der Waals surface area contributed by atoms with Crippen LogP contribution in [-0.4, -0.2) is 31.4 Å². The van der Waals surface area contributed by atoms with E-state index in [0.717, 1.165) is 6.07 Å². The van der Waals surface area contributed by atoms with E-state index in [2.05, 4.69) is 5.32 Å². The zero-order chi connectivity index (χ0) is 13.2. The van der Waals surface area contributed by atoms with Gasteiger partial charge in [-0.05, 0) is 26.0 Å². The van der Waals surface area contributed by atoms with Crippen LogP contribution < -0.4 is 10.1 Å². The van der Waals surface area contributed by atoms with Crippen molar-refractivity contribution in [2.75, 3.05) is 19.8 Å². The lowest BCUT2D eigenvalue weighted by Gasteiger charge is -2.35. The predicted molar refractivity (Wildman–Crippen MR) is 63.7 cm³/mol. The Morgan fingerprint density at radius 2 is 2.22 bits per heavy atom. The van der Waals surface area contributed by atoms with Gasteiger partial charge in [-0.3, -0.25) is 0 Å². The third kappa shape index (κ3) is 3.40. The van der Waals surface area contributed by atoms with Gasteiger partial charge in [0.25, 0.3) is 0 Å². The average Bonchev–Trinajstić information content (AvgIpc) is 2.29. The molecule has 0 amide bonds. The topological polar surface area (TPSA) is 30.5 Å². The summed E-state index contributed by atoms with van der Waals surface area (Å²) in [5.74, 6) is -1.26. The Kier molecular flexibility index (Phi) is 3.82. The van der Waals surface area contributed by atoms with Crippen LogP contribution in [0.25, 0.3) is 0 Å². The number of rotatable bonds is 3. The zero-order valence-corrected chi connectivity index (χ0v) is 10.5. The first-order valence-corrected chi connectivity index (χ1v) is 5.91. The van der Waals surface area contributed by atoms with Crippen LogP contribution in [0.15, 0.2) is 18.2 Å². The minimum absolute atomic E-state index is 0.0440. The van der Waals surface area contributed by atoms with E-state index in [9.17, 15) is 8.78 Å². The molecule has 1 heterocycles. The second kappa shape index (κ2) is 5.20. The highest BCUT2D eigenvalue weighted by atomic mass is 19.1. The van der Waals surface area contributed by atoms with Crippen LogP contribution in [0.3, 0.4) is 0 Å². The maximum atomic E-state index is 13.3. The summed E-state index contributed by atoms with van der Waals surface area (Å²) in [6.07, 6.45) is -0.123. The van der Waals surface area contributed by atoms with Gasteiger partial charge in [-0.25, -0.2) is 8.78 Å². The number of ether oxygens (including phenoxy) is 2. The lowest BCUT2D eigenvalue weighted by atomic mass is 10.1. The summed E-state index contributed by atoms with van der Waals surface area (Å²) >= 11 is 0. The number of nitrogens with one attached hydrogen (secondary N) is 1. The van der Waals surface area contributed by atoms with Crippen molar-refractivity contribution in [3.8, 4) is 5.75 Å². The maximum Gasteiger partial charge on any atom is 0.167 e. The van der Waals surface area contributed by atoms with Crippen LogP contribution in [-0.2, 0) is 4.74 Å². The lowest BCUT2D eigenvalue weighted by molar-refractivity contribution is -0.0416. The molecular formula is C13H17F2NO2. The molecule has 1 N–H and O–H groups in total. The highest BCUT2D eigenvalue weighted by Gasteiger charge is 2.27. The van der Waals surface area contributed by atoms with Crippen molar-refractivity contribution in [2.24, 2.45) is 0 Å². The van der Waals surface area contributed by atoms with Crippen LogP contribution >= 0.6 is 0 Å². The van der Waals surface area contributed by atoms with Gasteiger partial charge in [0.05, 0.1) is 6.61 Å². The highest BCUT2D eigenvalue weighted by molar-refractivity contribution is 5.24. The number of hydrogen-bond donors (Lipinski definition) is 1. The number of halogens is 2. The summed E-state index contributed by atoms with van der Waals surface area (Å²) in [6.45, 7) is 5.56. The van der Waals surface area contributed by atoms with Gasteiger partial charge in [0.15, 0.2) is 11.6 Å². The molecule has 1 saturated heterocycles. The van der Waals surface area contributed by atoms with E-state index >= 15 is 0 Å². The van der Waals surface area contributed by atoms with Gasteiger partial charge < -0.3 is 14.8 Å². The van der Waals surface area contributed by atoms with Crippen LogP contribution in [0.1, 0.15) is 13.8 Å². The first-order valence-electron chi connectivity index (χ1n) is 5.91. The molecular weight excluding hydrogens is 240 g/mol. The van der Waals surface area contributed by atoms with Crippen molar-refractivity contribution < 1.29 is 18.3 Å². The van der Waals surface area contributed by atoms with E-state index in [-0.39, 0.29) is 24.0 Å². The Bertz CT molecular complexity index is 413. The molecule has 0 saturated carbocycles. The second-order valence-corrected chi connectivity index (χ2v) is 5.08. The highest BCUT2D eigenvalue weighted by Crippen LogP contribution is 2.19. The van der Waals surface area contributed by atoms with Crippen LogP contribution in [0.2, 0.25) is 0 Å². The van der Waals surface area contributed by atoms with Gasteiger partial charge in [-0.2, -0.15) is 0 Å². The summed E-state index contributed by atoms with van der Waals surface area (Å²) in [7, 11) is 0. The van der Waals surface area contributed by atoms with Crippen molar-refractivity contribution in [2.45, 2.75) is 25.5 Å². The van der Waals surface area contributed by atoms with Crippen molar-refractivity contribution in [3.05, 3.63) is 29.8 Å². The smallest absolute Gasteiger partial charge is 0.167 e. The lowest BCUT2D eigenvalue weighted by Crippen LogP contribution is -2.54. The molecule has 0 radical (unpaired) electrons. The molecule has 1 aliphatic rings. The number of benzene rings is 1. The van der Waals surface area contributed by atoms with Gasteiger partial charge in [0.2, 0.25) is 0 Å². The molecule has 1 atom stereocenters. The Hall–Kier alpha value is -1.20. The van der Waals surface area contributed by atoms with Crippen LogP contribution in [0.5, 0.6) is 5.75 Å². The molecule has 1 unspecified atom stereocenters. The predicted octanol–water partition coefficient (Wildman–Crippen LogP) is 2.11. The van der Waals surface area contributed by atoms with Gasteiger partial charge in [0.1, 0.15) is 18.5 Å². The van der Waals surface area contributed by atoms with Crippen LogP contribution in [0, 0.1) is 11.6 Å². The Morgan fingerprint density at radius 3 is 2.83 bits per heavy atom. The van der Waals surface area contributed by atoms with Crippen molar-refractivity contribution in [1.29, 1.82) is 0 Å². The van der Waals surface area contributed by atoms with E-state index in [0.29, 0.717) is 13.2 Å². The zero-order valence-electron chi connectivity index (χ0n) is 10.5. The molecule has 2 rings (SSSR count). The largest absolute Gasteiger partial charge is 0.488 e. The first-order chi connectivity index (χ1) is 8.46. The molecule has 0 aromatic heterocycles. The van der Waals surface area contributed by atoms with Gasteiger partial charge in [0, 0.05) is 18.2 Å². The molecule has 1 aromatic carbocycles. The van der Waals surface area contributed by atoms with Gasteiger partial charge in [-0.15, -0.1) is 0 Å². The molecule has 18 heavy (non-hydrogen) atoms. The third-order valence-electron chi connectivity index (χ3n) is 2.81. The Labute approximate surface area is 105 Å². The normalized spacial score (nSPS) is 22.8. The minimum Gasteiger partial charge on any atom is -0.488 e. The fourth-order valence-electron chi connectivity index (χ4n) is 1.71. The van der Waals surface area contributed by atoms with Crippen molar-refractivity contribution >= 4 is 0 Å². The standard InChI is InChI=1S/C13H17F2NO2/c1-13(2)8-18-10(6-16-13)7-17-12-4-3-9(14)5-11(12)15/h3-5,10,16H,6-8H2,1-2H3. The molecule has 1 fully saturated rings. The fourth-order valence-corrected chi connectivity index (χ4v) is 1.71. The second-order valence-electron chi connectivity index (χ2n) is 5.08. The third-order valence-corrected chi connectivity index (χ3v) is 2.81. The van der Waals surface area contributed by atoms with E-state index in [1.807, 2.05) is 13.8 Å². The molecule has 100 valence electrons. The van der Waals surface area contributed by atoms with E-state index < -0.39 is 11.6 Å². The van der Waals surface area contributed by atoms with E-state index in [1.54, 1.807) is 0 Å². The fraction of sp³-hybridized carbons (Fsp3) is 0.538. The monoisotopic (exact) mass is 257 g/mol. The van der Waals surface area contributed by atoms with Gasteiger partial charge in [-0.1, -0.05) is 0 Å². The molecule has 1 aromatic rings. The van der Waals surface area contributed by atoms with Crippen molar-refractivity contribution in [1.82, 2.24) is 5.32 Å². The van der Waals surface area contributed by atoms with Crippen LogP contribution in [0.4, 0.5) is 8.78 Å². The average molecular weight is 257 g/mol. The molecule has 3 nitrogen and oxygen atoms in total. The maximum absolute atomic E-state index is 13.3. The SMILES string of the molecule is CC1(C)COC(COc2ccc(F)cc2F)CN1.